The molecule has 1 N–H and O–H groups in total. The van der Waals surface area contributed by atoms with Gasteiger partial charge in [-0.3, -0.25) is 10.1 Å². The summed E-state index contributed by atoms with van der Waals surface area (Å²) in [5, 5.41) is 5.38. The second-order valence-corrected chi connectivity index (χ2v) is 6.88. The van der Waals surface area contributed by atoms with Gasteiger partial charge in [0.1, 0.15) is 5.69 Å². The Morgan fingerprint density at radius 1 is 1.24 bits per heavy atom. The molecule has 25 heavy (non-hydrogen) atoms. The van der Waals surface area contributed by atoms with Crippen molar-refractivity contribution in [2.45, 2.75) is 20.4 Å². The van der Waals surface area contributed by atoms with E-state index in [0.29, 0.717) is 23.0 Å². The summed E-state index contributed by atoms with van der Waals surface area (Å²) in [6.45, 7) is 4.56. The third kappa shape index (κ3) is 3.08. The van der Waals surface area contributed by atoms with Gasteiger partial charge < -0.3 is 8.98 Å². The number of rotatable bonds is 4. The van der Waals surface area contributed by atoms with Gasteiger partial charge >= 0.3 is 0 Å². The van der Waals surface area contributed by atoms with Gasteiger partial charge in [-0.05, 0) is 19.4 Å². The van der Waals surface area contributed by atoms with Crippen LogP contribution in [0.25, 0.3) is 11.1 Å². The third-order valence-corrected chi connectivity index (χ3v) is 4.93. The Balaban J connectivity index is 1.69. The average Bonchev–Trinajstić information content (AvgIpc) is 3.27. The molecule has 0 fully saturated rings. The van der Waals surface area contributed by atoms with Crippen LogP contribution in [0.2, 0.25) is 0 Å². The van der Waals surface area contributed by atoms with E-state index in [1.54, 1.807) is 12.3 Å². The Hall–Kier alpha value is -2.86. The van der Waals surface area contributed by atoms with E-state index in [9.17, 15) is 4.79 Å². The van der Waals surface area contributed by atoms with Gasteiger partial charge in [-0.2, -0.15) is 0 Å². The molecule has 3 aromatic heterocycles. The average molecular weight is 351 g/mol. The number of fused-ring (bicyclic) bond motifs is 1. The van der Waals surface area contributed by atoms with Crippen LogP contribution in [0.4, 0.5) is 5.13 Å². The van der Waals surface area contributed by atoms with Crippen LogP contribution in [0.1, 0.15) is 27.3 Å². The number of furan rings is 1. The molecule has 0 aliphatic rings. The fourth-order valence-corrected chi connectivity index (χ4v) is 3.47. The van der Waals surface area contributed by atoms with Gasteiger partial charge in [-0.25, -0.2) is 4.98 Å². The lowest BCUT2D eigenvalue weighted by Crippen LogP contribution is -2.17. The molecule has 0 saturated heterocycles. The summed E-state index contributed by atoms with van der Waals surface area (Å²) in [6.07, 6.45) is 1.64. The lowest BCUT2D eigenvalue weighted by atomic mass is 10.1. The Bertz CT molecular complexity index is 1040. The first-order chi connectivity index (χ1) is 12.1. The molecule has 5 nitrogen and oxygen atoms in total. The Labute approximate surface area is 148 Å². The zero-order valence-electron chi connectivity index (χ0n) is 13.9. The van der Waals surface area contributed by atoms with Gasteiger partial charge in [0.15, 0.2) is 10.7 Å². The highest BCUT2D eigenvalue weighted by Crippen LogP contribution is 2.24. The predicted molar refractivity (Wildman–Crippen MR) is 99.3 cm³/mol. The van der Waals surface area contributed by atoms with E-state index in [0.717, 1.165) is 16.8 Å². The van der Waals surface area contributed by atoms with Crippen LogP contribution in [-0.4, -0.2) is 15.5 Å². The minimum absolute atomic E-state index is 0.187. The second kappa shape index (κ2) is 6.22. The lowest BCUT2D eigenvalue weighted by molar-refractivity contribution is 0.101. The number of anilines is 1. The summed E-state index contributed by atoms with van der Waals surface area (Å²) in [5.74, 6) is -0.187. The summed E-state index contributed by atoms with van der Waals surface area (Å²) in [6, 6.07) is 12.0. The van der Waals surface area contributed by atoms with E-state index in [-0.39, 0.29) is 5.91 Å². The van der Waals surface area contributed by atoms with Gasteiger partial charge in [0.25, 0.3) is 5.91 Å². The maximum atomic E-state index is 12.7. The highest BCUT2D eigenvalue weighted by Gasteiger charge is 2.18. The molecule has 3 heterocycles. The van der Waals surface area contributed by atoms with Gasteiger partial charge in [-0.15, -0.1) is 11.3 Å². The van der Waals surface area contributed by atoms with Crippen LogP contribution >= 0.6 is 11.3 Å². The standard InChI is InChI=1S/C19H17N3O2S/c1-12-3-5-14(6-4-12)10-22-15-7-8-24-17(15)9-16(22)18(23)21-19-20-13(2)11-25-19/h3-9,11H,10H2,1-2H3,(H,20,21,23). The molecule has 0 spiro atoms. The predicted octanol–water partition coefficient (Wildman–Crippen LogP) is 4.61. The fourth-order valence-electron chi connectivity index (χ4n) is 2.78. The summed E-state index contributed by atoms with van der Waals surface area (Å²) in [7, 11) is 0. The molecule has 0 atom stereocenters. The number of nitrogens with zero attached hydrogens (tertiary/aromatic N) is 2. The number of hydrogen-bond acceptors (Lipinski definition) is 4. The highest BCUT2D eigenvalue weighted by molar-refractivity contribution is 7.13. The minimum atomic E-state index is -0.187. The number of carbonyl (C=O) groups excluding carboxylic acids is 1. The molecule has 4 rings (SSSR count). The van der Waals surface area contributed by atoms with E-state index in [2.05, 4.69) is 41.5 Å². The Kier molecular flexibility index (Phi) is 3.89. The number of hydrogen-bond donors (Lipinski definition) is 1. The summed E-state index contributed by atoms with van der Waals surface area (Å²) < 4.78 is 7.46. The topological polar surface area (TPSA) is 60.1 Å². The van der Waals surface area contributed by atoms with Crippen molar-refractivity contribution < 1.29 is 9.21 Å². The summed E-state index contributed by atoms with van der Waals surface area (Å²) in [5.41, 5.74) is 5.39. The van der Waals surface area contributed by atoms with Gasteiger partial charge in [0.2, 0.25) is 0 Å². The van der Waals surface area contributed by atoms with Crippen LogP contribution in [0.5, 0.6) is 0 Å². The van der Waals surface area contributed by atoms with Gasteiger partial charge in [0, 0.05) is 24.1 Å². The number of benzene rings is 1. The number of aromatic nitrogens is 2. The first-order valence-electron chi connectivity index (χ1n) is 7.96. The van der Waals surface area contributed by atoms with E-state index in [4.69, 9.17) is 4.42 Å². The van der Waals surface area contributed by atoms with E-state index >= 15 is 0 Å². The summed E-state index contributed by atoms with van der Waals surface area (Å²) >= 11 is 1.42. The normalized spacial score (nSPS) is 11.1. The van der Waals surface area contributed by atoms with Crippen LogP contribution in [0, 0.1) is 13.8 Å². The number of amides is 1. The number of thiazole rings is 1. The molecule has 126 valence electrons. The smallest absolute Gasteiger partial charge is 0.274 e. The zero-order chi connectivity index (χ0) is 17.4. The van der Waals surface area contributed by atoms with Crippen LogP contribution in [0.3, 0.4) is 0 Å². The molecule has 0 saturated carbocycles. The fraction of sp³-hybridized carbons (Fsp3) is 0.158. The molecule has 0 aliphatic carbocycles. The Morgan fingerprint density at radius 3 is 2.76 bits per heavy atom. The van der Waals surface area contributed by atoms with Gasteiger partial charge in [0.05, 0.1) is 17.5 Å². The number of aryl methyl sites for hydroxylation is 2. The van der Waals surface area contributed by atoms with E-state index in [1.807, 2.05) is 22.9 Å². The van der Waals surface area contributed by atoms with Crippen molar-refractivity contribution in [1.82, 2.24) is 9.55 Å². The van der Waals surface area contributed by atoms with Crippen LogP contribution in [-0.2, 0) is 6.54 Å². The van der Waals surface area contributed by atoms with Gasteiger partial charge in [-0.1, -0.05) is 29.8 Å². The first kappa shape index (κ1) is 15.7. The molecule has 0 unspecified atom stereocenters. The van der Waals surface area contributed by atoms with E-state index in [1.165, 1.54) is 16.9 Å². The molecular weight excluding hydrogens is 334 g/mol. The number of carbonyl (C=O) groups is 1. The molecule has 6 heteroatoms. The first-order valence-corrected chi connectivity index (χ1v) is 8.84. The zero-order valence-corrected chi connectivity index (χ0v) is 14.8. The molecule has 4 aromatic rings. The van der Waals surface area contributed by atoms with Crippen molar-refractivity contribution in [1.29, 1.82) is 0 Å². The maximum Gasteiger partial charge on any atom is 0.274 e. The maximum absolute atomic E-state index is 12.7. The molecule has 1 aromatic carbocycles. The molecule has 1 amide bonds. The summed E-state index contributed by atoms with van der Waals surface area (Å²) in [4.78, 5) is 17.0. The largest absolute Gasteiger partial charge is 0.463 e. The quantitative estimate of drug-likeness (QED) is 0.584. The number of nitrogens with one attached hydrogen (secondary N) is 1. The van der Waals surface area contributed by atoms with Crippen molar-refractivity contribution >= 4 is 33.5 Å². The van der Waals surface area contributed by atoms with Crippen LogP contribution < -0.4 is 5.32 Å². The van der Waals surface area contributed by atoms with Crippen molar-refractivity contribution in [2.75, 3.05) is 5.32 Å². The van der Waals surface area contributed by atoms with Crippen molar-refractivity contribution in [3.05, 3.63) is 70.6 Å². The van der Waals surface area contributed by atoms with Crippen molar-refractivity contribution in [3.63, 3.8) is 0 Å². The lowest BCUT2D eigenvalue weighted by Gasteiger charge is -2.10. The molecular formula is C19H17N3O2S. The highest BCUT2D eigenvalue weighted by atomic mass is 32.1. The van der Waals surface area contributed by atoms with Crippen LogP contribution in [0.15, 0.2) is 52.5 Å². The Morgan fingerprint density at radius 2 is 2.04 bits per heavy atom. The van der Waals surface area contributed by atoms with Crippen molar-refractivity contribution in [2.24, 2.45) is 0 Å². The monoisotopic (exact) mass is 351 g/mol. The SMILES string of the molecule is Cc1ccc(Cn2c(C(=O)Nc3nc(C)cs3)cc3occc32)cc1. The molecule has 0 radical (unpaired) electrons. The third-order valence-electron chi connectivity index (χ3n) is 4.06. The van der Waals surface area contributed by atoms with E-state index < -0.39 is 0 Å². The minimum Gasteiger partial charge on any atom is -0.463 e. The van der Waals surface area contributed by atoms with Crippen molar-refractivity contribution in [3.8, 4) is 0 Å². The molecule has 0 aliphatic heterocycles. The second-order valence-electron chi connectivity index (χ2n) is 6.02. The molecule has 0 bridgehead atoms.